The van der Waals surface area contributed by atoms with Crippen molar-refractivity contribution in [2.45, 2.75) is 165 Å². The van der Waals surface area contributed by atoms with Crippen molar-refractivity contribution in [3.63, 3.8) is 0 Å². The molecule has 3 fully saturated rings. The minimum Gasteiger partial charge on any atom is -0.459 e. The van der Waals surface area contributed by atoms with Gasteiger partial charge in [-0.15, -0.1) is 0 Å². The normalized spacial score (nSPS) is 35.7. The number of ether oxygens (including phenoxy) is 1. The highest BCUT2D eigenvalue weighted by molar-refractivity contribution is 5.83. The first-order chi connectivity index (χ1) is 23.1. The number of rotatable bonds is 11. The molecule has 0 spiro atoms. The lowest BCUT2D eigenvalue weighted by Crippen LogP contribution is -2.51. The fourth-order valence-corrected chi connectivity index (χ4v) is 11.8. The smallest absolute Gasteiger partial charge is 0.331 e. The third kappa shape index (κ3) is 8.52. The van der Waals surface area contributed by atoms with E-state index in [-0.39, 0.29) is 22.9 Å². The first kappa shape index (κ1) is 38.1. The van der Waals surface area contributed by atoms with Gasteiger partial charge in [0.25, 0.3) is 0 Å². The summed E-state index contributed by atoms with van der Waals surface area (Å²) in [5.41, 5.74) is 7.81. The Hall–Kier alpha value is -2.09. The second kappa shape index (κ2) is 15.7. The third-order valence-corrected chi connectivity index (χ3v) is 14.7. The molecular formula is C47H72O2. The lowest BCUT2D eigenvalue weighted by Gasteiger charge is -2.58. The van der Waals surface area contributed by atoms with Crippen LogP contribution in [-0.4, -0.2) is 12.1 Å². The average Bonchev–Trinajstić information content (AvgIpc) is 3.37. The van der Waals surface area contributed by atoms with Gasteiger partial charge in [0, 0.05) is 12.5 Å². The molecule has 3 saturated carbocycles. The number of hydrogen-bond donors (Lipinski definition) is 0. The molecule has 0 aromatic heterocycles. The van der Waals surface area contributed by atoms with Gasteiger partial charge in [-0.3, -0.25) is 0 Å². The van der Waals surface area contributed by atoms with Crippen LogP contribution in [-0.2, 0) is 9.53 Å². The summed E-state index contributed by atoms with van der Waals surface area (Å²) in [7, 11) is 0. The summed E-state index contributed by atoms with van der Waals surface area (Å²) in [4.78, 5) is 13.0. The summed E-state index contributed by atoms with van der Waals surface area (Å²) < 4.78 is 6.11. The Bertz CT molecular complexity index is 1380. The van der Waals surface area contributed by atoms with E-state index in [0.717, 1.165) is 60.3 Å². The number of carbonyl (C=O) groups excluding carboxylic acids is 1. The van der Waals surface area contributed by atoms with E-state index in [1.54, 1.807) is 11.6 Å². The van der Waals surface area contributed by atoms with E-state index in [1.807, 2.05) is 13.0 Å². The van der Waals surface area contributed by atoms with E-state index in [9.17, 15) is 4.79 Å². The van der Waals surface area contributed by atoms with Gasteiger partial charge < -0.3 is 4.74 Å². The van der Waals surface area contributed by atoms with E-state index in [0.29, 0.717) is 5.41 Å². The minimum absolute atomic E-state index is 0.00175. The van der Waals surface area contributed by atoms with E-state index < -0.39 is 0 Å². The molecule has 0 saturated heterocycles. The molecule has 8 atom stereocenters. The molecule has 5 aliphatic rings. The van der Waals surface area contributed by atoms with Crippen molar-refractivity contribution in [3.8, 4) is 0 Å². The number of allylic oxidation sites excluding steroid dienone is 10. The quantitative estimate of drug-likeness (QED) is 0.0948. The van der Waals surface area contributed by atoms with Gasteiger partial charge in [0.2, 0.25) is 0 Å². The van der Waals surface area contributed by atoms with Gasteiger partial charge >= 0.3 is 5.97 Å². The number of fused-ring (bicyclic) bond motifs is 5. The lowest BCUT2D eigenvalue weighted by molar-refractivity contribution is -0.145. The average molecular weight is 669 g/mol. The topological polar surface area (TPSA) is 26.3 Å². The molecule has 5 rings (SSSR count). The second-order valence-corrected chi connectivity index (χ2v) is 19.0. The molecule has 0 aromatic rings. The molecular weight excluding hydrogens is 597 g/mol. The van der Waals surface area contributed by atoms with Crippen molar-refractivity contribution in [2.24, 2.45) is 51.8 Å². The predicted octanol–water partition coefficient (Wildman–Crippen LogP) is 13.5. The van der Waals surface area contributed by atoms with Crippen LogP contribution in [0.3, 0.4) is 0 Å². The summed E-state index contributed by atoms with van der Waals surface area (Å²) >= 11 is 0. The maximum atomic E-state index is 13.0. The Kier molecular flexibility index (Phi) is 12.2. The van der Waals surface area contributed by atoms with Gasteiger partial charge in [0.15, 0.2) is 0 Å². The van der Waals surface area contributed by atoms with Gasteiger partial charge in [-0.2, -0.15) is 0 Å². The summed E-state index contributed by atoms with van der Waals surface area (Å²) in [6.07, 6.45) is 33.0. The first-order valence-corrected chi connectivity index (χ1v) is 20.5. The van der Waals surface area contributed by atoms with Crippen LogP contribution < -0.4 is 0 Å². The molecule has 5 aliphatic carbocycles. The molecule has 2 nitrogen and oxygen atoms in total. The van der Waals surface area contributed by atoms with Crippen LogP contribution in [0.4, 0.5) is 0 Å². The molecule has 2 heteroatoms. The second-order valence-electron chi connectivity index (χ2n) is 19.0. The monoisotopic (exact) mass is 669 g/mol. The highest BCUT2D eigenvalue weighted by Gasteiger charge is 2.59. The van der Waals surface area contributed by atoms with Crippen molar-refractivity contribution in [2.75, 3.05) is 0 Å². The van der Waals surface area contributed by atoms with Gasteiger partial charge in [0.1, 0.15) is 6.10 Å². The van der Waals surface area contributed by atoms with Gasteiger partial charge in [-0.05, 0) is 148 Å². The SMILES string of the molecule is CC(C=CC1=C(C)CCCC1(C)C)=CC=CC(C)=CC(=O)OC1CC[C@@]2(C)C(=CCC3C2CC[C@@]2(C)C3CC[C@@H]2[C@H](C)CCCC(C)C)C1. The maximum absolute atomic E-state index is 13.0. The number of carbonyl (C=O) groups is 1. The number of esters is 1. The zero-order valence-corrected chi connectivity index (χ0v) is 33.3. The Morgan fingerprint density at radius 1 is 0.939 bits per heavy atom. The molecule has 4 unspecified atom stereocenters. The molecule has 0 amide bonds. The highest BCUT2D eigenvalue weighted by atomic mass is 16.5. The highest BCUT2D eigenvalue weighted by Crippen LogP contribution is 2.67. The molecule has 0 heterocycles. The Labute approximate surface area is 302 Å². The van der Waals surface area contributed by atoms with Crippen LogP contribution in [0.25, 0.3) is 0 Å². The lowest BCUT2D eigenvalue weighted by atomic mass is 9.47. The van der Waals surface area contributed by atoms with Crippen molar-refractivity contribution in [1.29, 1.82) is 0 Å². The molecule has 0 bridgehead atoms. The fourth-order valence-electron chi connectivity index (χ4n) is 11.8. The molecule has 272 valence electrons. The standard InChI is InChI=1S/C47H72O2/c1-32(2)14-11-17-36(6)41-23-24-42-39-21-20-37-31-38(25-28-46(37,9)43(39)26-29-47(41,42)10)49-44(48)30-34(4)16-12-15-33(3)19-22-40-35(5)18-13-27-45(40,7)8/h12,15-16,19-20,22,30,32,36,38-39,41-43H,11,13-14,17-18,21,23-29,31H2,1-10H3/t36-,38?,39?,41-,42?,43?,46+,47-/m1/s1. The van der Waals surface area contributed by atoms with Crippen molar-refractivity contribution in [1.82, 2.24) is 0 Å². The van der Waals surface area contributed by atoms with Crippen LogP contribution >= 0.6 is 0 Å². The molecule has 49 heavy (non-hydrogen) atoms. The van der Waals surface area contributed by atoms with E-state index in [4.69, 9.17) is 4.74 Å². The summed E-state index contributed by atoms with van der Waals surface area (Å²) in [6, 6.07) is 0. The maximum Gasteiger partial charge on any atom is 0.331 e. The van der Waals surface area contributed by atoms with E-state index in [2.05, 4.69) is 92.7 Å². The summed E-state index contributed by atoms with van der Waals surface area (Å²) in [6.45, 7) is 23.7. The van der Waals surface area contributed by atoms with Crippen molar-refractivity contribution < 1.29 is 9.53 Å². The van der Waals surface area contributed by atoms with Gasteiger partial charge in [-0.1, -0.05) is 121 Å². The van der Waals surface area contributed by atoms with Crippen LogP contribution in [0.2, 0.25) is 0 Å². The van der Waals surface area contributed by atoms with Gasteiger partial charge in [0.05, 0.1) is 0 Å². The molecule has 0 aliphatic heterocycles. The largest absolute Gasteiger partial charge is 0.459 e. The molecule has 0 aromatic carbocycles. The van der Waals surface area contributed by atoms with Crippen LogP contribution in [0, 0.1) is 51.8 Å². The summed E-state index contributed by atoms with van der Waals surface area (Å²) in [5.74, 6) is 4.92. The van der Waals surface area contributed by atoms with Crippen molar-refractivity contribution >= 4 is 5.97 Å². The number of hydrogen-bond acceptors (Lipinski definition) is 2. The Morgan fingerprint density at radius 3 is 2.45 bits per heavy atom. The first-order valence-electron chi connectivity index (χ1n) is 20.5. The third-order valence-electron chi connectivity index (χ3n) is 14.7. The van der Waals surface area contributed by atoms with Crippen LogP contribution in [0.1, 0.15) is 159 Å². The zero-order valence-electron chi connectivity index (χ0n) is 33.3. The molecule has 0 N–H and O–H groups in total. The van der Waals surface area contributed by atoms with E-state index in [1.165, 1.54) is 87.3 Å². The van der Waals surface area contributed by atoms with Gasteiger partial charge in [-0.25, -0.2) is 4.79 Å². The predicted molar refractivity (Wildman–Crippen MR) is 209 cm³/mol. The zero-order chi connectivity index (χ0) is 35.6. The summed E-state index contributed by atoms with van der Waals surface area (Å²) in [5, 5.41) is 0. The Morgan fingerprint density at radius 2 is 1.71 bits per heavy atom. The Balaban J connectivity index is 1.14. The minimum atomic E-state index is -0.194. The van der Waals surface area contributed by atoms with Crippen LogP contribution in [0.15, 0.2) is 70.4 Å². The molecule has 0 radical (unpaired) electrons. The van der Waals surface area contributed by atoms with E-state index >= 15 is 0 Å². The van der Waals surface area contributed by atoms with Crippen LogP contribution in [0.5, 0.6) is 0 Å². The van der Waals surface area contributed by atoms with Crippen molar-refractivity contribution in [3.05, 3.63) is 70.4 Å². The fraction of sp³-hybridized carbons (Fsp3) is 0.723.